The van der Waals surface area contributed by atoms with Crippen LogP contribution in [-0.4, -0.2) is 257 Å². The number of thioether (sulfide) groups is 1. The van der Waals surface area contributed by atoms with Gasteiger partial charge in [-0.15, -0.1) is 0 Å². The third-order valence-electron chi connectivity index (χ3n) is 25.9. The third kappa shape index (κ3) is 43.0. The largest absolute Gasteiger partial charge is 0.508 e. The number of ketones is 1. The number of carboxylic acids is 1. The Morgan fingerprint density at radius 1 is 0.433 bits per heavy atom. The van der Waals surface area contributed by atoms with E-state index in [1.54, 1.807) is 82.3 Å². The Morgan fingerprint density at radius 2 is 0.880 bits per heavy atom. The van der Waals surface area contributed by atoms with E-state index in [-0.39, 0.29) is 111 Å². The molecular weight excluding hydrogens is 1970 g/mol. The first kappa shape index (κ1) is 123. The van der Waals surface area contributed by atoms with Crippen LogP contribution in [-0.2, 0) is 128 Å². The predicted octanol–water partition coefficient (Wildman–Crippen LogP) is 2.67. The van der Waals surface area contributed by atoms with E-state index in [4.69, 9.17) is 33.4 Å². The summed E-state index contributed by atoms with van der Waals surface area (Å²) in [6, 6.07) is 10.9. The molecule has 0 spiro atoms. The molecule has 1 saturated heterocycles. The molecule has 7 rings (SSSR count). The monoisotopic (exact) mass is 2110 g/mol. The van der Waals surface area contributed by atoms with Crippen LogP contribution in [0.25, 0.3) is 11.1 Å². The van der Waals surface area contributed by atoms with Gasteiger partial charge in [-0.3, -0.25) is 91.1 Å². The number of benzene rings is 5. The molecule has 45 heteroatoms. The summed E-state index contributed by atoms with van der Waals surface area (Å²) < 4.78 is 49.2. The Bertz CT molecular complexity index is 5370. The number of phenolic OH excluding ortho intramolecular Hbond substituents is 1. The van der Waals surface area contributed by atoms with E-state index < -0.39 is 254 Å². The number of carboxylic acid groups (broad SMARTS) is 1. The Hall–Kier alpha value is -14.0. The van der Waals surface area contributed by atoms with Gasteiger partial charge in [0.05, 0.1) is 17.7 Å². The van der Waals surface area contributed by atoms with Gasteiger partial charge in [0.15, 0.2) is 0 Å². The highest BCUT2D eigenvalue weighted by Gasteiger charge is 2.42. The second-order valence-corrected chi connectivity index (χ2v) is 39.9. The summed E-state index contributed by atoms with van der Waals surface area (Å²) in [5.41, 5.74) is 30.0. The fourth-order valence-corrected chi connectivity index (χ4v) is 18.2. The van der Waals surface area contributed by atoms with Crippen LogP contribution >= 0.6 is 11.8 Å². The van der Waals surface area contributed by atoms with Crippen LogP contribution in [0.3, 0.4) is 0 Å². The maximum absolute atomic E-state index is 15.6. The normalized spacial score (nSPS) is 16.0. The molecule has 41 nitrogen and oxygen atoms in total. The Morgan fingerprint density at radius 3 is 1.43 bits per heavy atom. The van der Waals surface area contributed by atoms with Crippen molar-refractivity contribution in [3.63, 3.8) is 0 Å². The second kappa shape index (κ2) is 62.5. The minimum absolute atomic E-state index is 0.0151. The smallest absolute Gasteiger partial charge is 0.416 e. The molecule has 5 aromatic carbocycles. The minimum Gasteiger partial charge on any atom is -0.508 e. The molecule has 1 aliphatic carbocycles. The summed E-state index contributed by atoms with van der Waals surface area (Å²) in [5, 5.41) is 54.2. The predicted molar refractivity (Wildman–Crippen MR) is 551 cm³/mol. The van der Waals surface area contributed by atoms with E-state index in [0.717, 1.165) is 72.0 Å². The molecule has 25 N–H and O–H groups in total. The molecule has 2 aliphatic rings. The lowest BCUT2D eigenvalue weighted by atomic mass is 9.84. The summed E-state index contributed by atoms with van der Waals surface area (Å²) in [5.74, 6) is -20.3. The van der Waals surface area contributed by atoms with Crippen molar-refractivity contribution in [3.05, 3.63) is 161 Å². The van der Waals surface area contributed by atoms with Gasteiger partial charge in [0.2, 0.25) is 100 Å². The molecule has 2 fully saturated rings. The van der Waals surface area contributed by atoms with Crippen LogP contribution < -0.4 is 97.8 Å². The zero-order valence-corrected chi connectivity index (χ0v) is 86.6. The number of rotatable bonds is 62. The highest BCUT2D eigenvalue weighted by Crippen LogP contribution is 2.32. The summed E-state index contributed by atoms with van der Waals surface area (Å²) in [7, 11) is 1.18. The van der Waals surface area contributed by atoms with Gasteiger partial charge in [-0.2, -0.15) is 24.9 Å². The Balaban J connectivity index is 1.15. The number of primary amides is 3. The second-order valence-electron chi connectivity index (χ2n) is 38.9. The van der Waals surface area contributed by atoms with Gasteiger partial charge in [-0.1, -0.05) is 175 Å². The number of carbonyl (C=O) groups excluding carboxylic acids is 18. The number of carbonyl (C=O) groups is 19. The van der Waals surface area contributed by atoms with Crippen molar-refractivity contribution in [2.45, 2.75) is 286 Å². The maximum Gasteiger partial charge on any atom is 0.416 e. The van der Waals surface area contributed by atoms with Crippen molar-refractivity contribution in [1.29, 1.82) is 0 Å². The number of halogens is 3. The highest BCUT2D eigenvalue weighted by molar-refractivity contribution is 8.00. The lowest BCUT2D eigenvalue weighted by molar-refractivity contribution is -0.143. The molecule has 5 aromatic rings. The van der Waals surface area contributed by atoms with E-state index in [1.807, 2.05) is 30.3 Å². The molecule has 1 heterocycles. The molecule has 0 radical (unpaired) electrons. The summed E-state index contributed by atoms with van der Waals surface area (Å²) >= 11 is 0.969. The number of likely N-dealkylation sites (N-methyl/N-ethyl adjacent to an activating group) is 1. The number of ether oxygens (including phenoxy) is 1. The Labute approximate surface area is 874 Å². The molecule has 15 atom stereocenters. The SMILES string of the molecule is CC(=O)CSC[C@H](NC(=O)[C@H](CCC(N)=O)NC(=O)[C@@H](NC(=O)[C@H](CC1CCCCC1)NC(=O)[C@H](CCN)NC(=O)[C@@H](CC(C)C)NC(=O)[C@H](C)N(C)C(=O)[C@H](CCC(N)=O)NC(=O)[C@H](Cc1ccc(-c2ccccc2)cc1)NC(=O)[C@H](CCc1ccccc1)NC(=O)[C@H](Cc1cccc(C(F)(F)F)c1)NC(=O)[C@H](CC(=O)O)NC(=O)[C@H](Cc1ccc(O)cc1)NC(=O)CCC1CCCOCC1)C(C)C)C(=O)N[C@@H](CCN)C(N)=O. The first-order chi connectivity index (χ1) is 71.2. The number of nitrogens with one attached hydrogen (secondary N) is 13. The van der Waals surface area contributed by atoms with Crippen LogP contribution in [0.5, 0.6) is 5.75 Å². The number of alkyl halides is 3. The number of phenols is 1. The molecule has 0 bridgehead atoms. The topological polar surface area (TPSA) is 664 Å². The van der Waals surface area contributed by atoms with E-state index in [1.165, 1.54) is 51.2 Å². The molecule has 1 aliphatic heterocycles. The zero-order valence-electron chi connectivity index (χ0n) is 85.7. The van der Waals surface area contributed by atoms with Gasteiger partial charge in [0.1, 0.15) is 96.1 Å². The van der Waals surface area contributed by atoms with Gasteiger partial charge in [-0.05, 0) is 179 Å². The molecule has 820 valence electrons. The molecular formula is C105H146F3N19O22S. The van der Waals surface area contributed by atoms with Crippen LogP contribution in [0.1, 0.15) is 198 Å². The Kier molecular flexibility index (Phi) is 51.2. The van der Waals surface area contributed by atoms with E-state index in [2.05, 4.69) is 69.1 Å². The number of Topliss-reactive ketones (excluding diaryl/α,β-unsaturated/α-hetero) is 1. The zero-order chi connectivity index (χ0) is 110. The summed E-state index contributed by atoms with van der Waals surface area (Å²) in [6.45, 7) is 9.92. The van der Waals surface area contributed by atoms with Crippen LogP contribution in [0, 0.1) is 23.7 Å². The average molecular weight is 2120 g/mol. The van der Waals surface area contributed by atoms with Gasteiger partial charge in [0, 0.05) is 64.5 Å². The quantitative estimate of drug-likeness (QED) is 0.0266. The number of amides is 17. The molecule has 150 heavy (non-hydrogen) atoms. The average Bonchev–Trinajstić information content (AvgIpc) is 0.846. The van der Waals surface area contributed by atoms with Crippen molar-refractivity contribution >= 4 is 124 Å². The van der Waals surface area contributed by atoms with Crippen LogP contribution in [0.2, 0.25) is 0 Å². The number of aliphatic carboxylic acids is 1. The van der Waals surface area contributed by atoms with Crippen LogP contribution in [0.4, 0.5) is 13.2 Å². The first-order valence-corrected chi connectivity index (χ1v) is 51.8. The van der Waals surface area contributed by atoms with Crippen molar-refractivity contribution < 1.29 is 119 Å². The number of aromatic hydroxyl groups is 1. The molecule has 1 unspecified atom stereocenters. The number of aryl methyl sites for hydroxylation is 1. The molecule has 17 amide bonds. The van der Waals surface area contributed by atoms with Gasteiger partial charge < -0.3 is 118 Å². The number of hydrogen-bond acceptors (Lipinski definition) is 24. The third-order valence-corrected chi connectivity index (χ3v) is 27.1. The van der Waals surface area contributed by atoms with E-state index in [0.29, 0.717) is 61.7 Å². The van der Waals surface area contributed by atoms with E-state index >= 15 is 19.2 Å². The standard InChI is InChI=1S/C105H146F3N19O22S/c1-60(2)51-79(96(140)117-77(45-48-110)95(139)122-82(53-66-21-13-9-14-22-66)101(145)126-90(61(3)4)103(147)118-76(39-41-86(111)130)94(138)125-85(59-150-58-62(5)128)102(146)115-74(44-47-109)91(113)135)120-92(136)63(6)127(7)104(148)78(40-42-87(112)131)119-99(143)81(55-67-28-34-71(35-29-67)70-25-15-10-16-26-70)121-93(137)75(38-32-64-19-11-8-12-20-64)116-98(142)83(56-69-23-17-27-72(52-69)105(106,107)108)123-100(144)84(57-89(133)134)124-97(141)80(54-68-30-36-73(129)37-31-68)114-88(132)43-33-65-24-18-49-149-50-46-65/h8,10-12,15-17,19-20,23,25-31,34-37,52,60-61,63,65-66,74-85,90,129H,9,13-14,18,21-22,24,32-33,38-51,53-59,109-110H2,1-7H3,(H2,111,130)(H2,112,131)(H2,113,135)(H,114,132)(H,115,146)(H,116,142)(H,117,140)(H,118,147)(H,119,143)(H,120,136)(H,121,137)(H,122,139)(H,123,144)(H,124,141)(H,125,138)(H,126,145)(H,133,134)/t63-,65?,74-,75-,76-,77-,78-,79+,80-,81-,82-,83-,84-,85-,90-/m0/s1. The van der Waals surface area contributed by atoms with Gasteiger partial charge >= 0.3 is 12.1 Å². The van der Waals surface area contributed by atoms with Crippen molar-refractivity contribution in [1.82, 2.24) is 74.0 Å². The first-order valence-electron chi connectivity index (χ1n) is 50.6. The summed E-state index contributed by atoms with van der Waals surface area (Å²) in [6.07, 6.45) is -3.93. The number of nitrogens with zero attached hydrogens (tertiary/aromatic N) is 1. The molecule has 1 saturated carbocycles. The number of hydrogen-bond donors (Lipinski definition) is 20. The van der Waals surface area contributed by atoms with Gasteiger partial charge in [0.25, 0.3) is 0 Å². The van der Waals surface area contributed by atoms with Crippen LogP contribution in [0.15, 0.2) is 133 Å². The fourth-order valence-electron chi connectivity index (χ4n) is 17.4. The maximum atomic E-state index is 15.6. The fraction of sp³-hybridized carbons (Fsp3) is 0.533. The highest BCUT2D eigenvalue weighted by atomic mass is 32.2. The minimum atomic E-state index is -4.95. The van der Waals surface area contributed by atoms with E-state index in [9.17, 15) is 95.3 Å². The van der Waals surface area contributed by atoms with Gasteiger partial charge in [-0.25, -0.2) is 0 Å². The number of nitrogens with two attached hydrogens (primary N) is 5. The molecule has 0 aromatic heterocycles. The van der Waals surface area contributed by atoms with Crippen molar-refractivity contribution in [2.75, 3.05) is 44.9 Å². The summed E-state index contributed by atoms with van der Waals surface area (Å²) in [4.78, 5) is 270. The lowest BCUT2D eigenvalue weighted by Gasteiger charge is -2.32. The lowest BCUT2D eigenvalue weighted by Crippen LogP contribution is -2.61. The van der Waals surface area contributed by atoms with Crippen molar-refractivity contribution in [2.24, 2.45) is 52.3 Å². The van der Waals surface area contributed by atoms with Crippen molar-refractivity contribution in [3.8, 4) is 16.9 Å².